The van der Waals surface area contributed by atoms with Gasteiger partial charge in [0.15, 0.2) is 17.5 Å². The first-order valence-corrected chi connectivity index (χ1v) is 8.09. The van der Waals surface area contributed by atoms with Crippen molar-refractivity contribution >= 4 is 16.7 Å². The smallest absolute Gasteiger partial charge is 0.202 e. The van der Waals surface area contributed by atoms with Gasteiger partial charge in [-0.25, -0.2) is 13.8 Å². The van der Waals surface area contributed by atoms with Gasteiger partial charge in [-0.15, -0.1) is 0 Å². The molecule has 1 aliphatic rings. The third-order valence-corrected chi connectivity index (χ3v) is 4.67. The molecule has 0 saturated carbocycles. The van der Waals surface area contributed by atoms with Gasteiger partial charge in [-0.05, 0) is 31.2 Å². The Kier molecular flexibility index (Phi) is 4.84. The van der Waals surface area contributed by atoms with Gasteiger partial charge in [0.2, 0.25) is 5.13 Å². The van der Waals surface area contributed by atoms with Crippen molar-refractivity contribution in [1.29, 1.82) is 0 Å². The molecule has 1 saturated heterocycles. The van der Waals surface area contributed by atoms with Crippen LogP contribution in [0.1, 0.15) is 23.9 Å². The maximum absolute atomic E-state index is 13.6. The van der Waals surface area contributed by atoms with Crippen molar-refractivity contribution in [2.75, 3.05) is 26.0 Å². The Morgan fingerprint density at radius 3 is 2.96 bits per heavy atom. The molecule has 0 unspecified atom stereocenters. The molecule has 1 fully saturated rings. The Labute approximate surface area is 137 Å². The van der Waals surface area contributed by atoms with Crippen molar-refractivity contribution in [3.8, 4) is 0 Å². The average Bonchev–Trinajstić information content (AvgIpc) is 3.10. The van der Waals surface area contributed by atoms with Crippen LogP contribution >= 0.6 is 11.5 Å². The zero-order valence-electron chi connectivity index (χ0n) is 12.9. The van der Waals surface area contributed by atoms with Crippen LogP contribution in [0.25, 0.3) is 0 Å². The molecule has 5 nitrogen and oxygen atoms in total. The summed E-state index contributed by atoms with van der Waals surface area (Å²) >= 11 is 1.28. The number of nitrogens with one attached hydrogen (secondary N) is 1. The molecule has 8 heteroatoms. The number of benzene rings is 1. The van der Waals surface area contributed by atoms with Gasteiger partial charge >= 0.3 is 0 Å². The second-order valence-corrected chi connectivity index (χ2v) is 6.34. The Balaban J connectivity index is 1.78. The first kappa shape index (κ1) is 16.2. The van der Waals surface area contributed by atoms with E-state index >= 15 is 0 Å². The van der Waals surface area contributed by atoms with Crippen molar-refractivity contribution in [1.82, 2.24) is 14.3 Å². The number of halogens is 2. The van der Waals surface area contributed by atoms with Gasteiger partial charge in [0.25, 0.3) is 0 Å². The van der Waals surface area contributed by atoms with Crippen molar-refractivity contribution in [2.45, 2.75) is 25.1 Å². The normalized spacial score (nSPS) is 21.7. The van der Waals surface area contributed by atoms with Crippen LogP contribution < -0.4 is 5.32 Å². The molecule has 1 aliphatic heterocycles. The van der Waals surface area contributed by atoms with Crippen molar-refractivity contribution in [2.24, 2.45) is 0 Å². The first-order chi connectivity index (χ1) is 11.1. The Hall–Kier alpha value is -1.64. The van der Waals surface area contributed by atoms with Gasteiger partial charge in [0.1, 0.15) is 6.61 Å². The number of aromatic nitrogens is 2. The zero-order chi connectivity index (χ0) is 16.4. The SMILES string of the molecule is COCc1nsc(N[C@@H]2CCN(C)[C@@H]2c2ccc(F)c(F)c2)n1. The lowest BCUT2D eigenvalue weighted by Crippen LogP contribution is -2.29. The van der Waals surface area contributed by atoms with Gasteiger partial charge in [-0.1, -0.05) is 6.07 Å². The number of hydrogen-bond donors (Lipinski definition) is 1. The van der Waals surface area contributed by atoms with Gasteiger partial charge < -0.3 is 10.1 Å². The minimum absolute atomic E-state index is 0.0418. The summed E-state index contributed by atoms with van der Waals surface area (Å²) in [6.45, 7) is 1.24. The molecule has 3 rings (SSSR count). The van der Waals surface area contributed by atoms with Crippen LogP contribution in [0, 0.1) is 11.6 Å². The molecule has 0 aliphatic carbocycles. The summed E-state index contributed by atoms with van der Waals surface area (Å²) in [5.74, 6) is -1.01. The van der Waals surface area contributed by atoms with E-state index in [1.807, 2.05) is 7.05 Å². The number of anilines is 1. The molecule has 1 aromatic heterocycles. The van der Waals surface area contributed by atoms with Gasteiger partial charge in [0, 0.05) is 31.2 Å². The minimum atomic E-state index is -0.827. The summed E-state index contributed by atoms with van der Waals surface area (Å²) in [7, 11) is 3.57. The highest BCUT2D eigenvalue weighted by Gasteiger charge is 2.34. The third-order valence-electron chi connectivity index (χ3n) is 3.98. The molecule has 124 valence electrons. The van der Waals surface area contributed by atoms with E-state index in [1.54, 1.807) is 13.2 Å². The standard InChI is InChI=1S/C15H18F2N4OS/c1-21-6-5-12(18-15-19-13(8-22-2)20-23-15)14(21)9-3-4-10(16)11(17)7-9/h3-4,7,12,14H,5-6,8H2,1-2H3,(H,18,19,20)/t12-,14-/m1/s1. The summed E-state index contributed by atoms with van der Waals surface area (Å²) < 4.78 is 35.9. The third kappa shape index (κ3) is 3.49. The number of likely N-dealkylation sites (N-methyl/N-ethyl adjacent to an activating group) is 1. The lowest BCUT2D eigenvalue weighted by molar-refractivity contribution is 0.179. The molecule has 23 heavy (non-hydrogen) atoms. The van der Waals surface area contributed by atoms with Crippen LogP contribution in [0.15, 0.2) is 18.2 Å². The number of rotatable bonds is 5. The quantitative estimate of drug-likeness (QED) is 0.907. The summed E-state index contributed by atoms with van der Waals surface area (Å²) in [6, 6.07) is 4.10. The highest BCUT2D eigenvalue weighted by Crippen LogP contribution is 2.34. The minimum Gasteiger partial charge on any atom is -0.377 e. The predicted molar refractivity (Wildman–Crippen MR) is 84.4 cm³/mol. The molecule has 1 aromatic carbocycles. The lowest BCUT2D eigenvalue weighted by atomic mass is 10.00. The summed E-state index contributed by atoms with van der Waals surface area (Å²) in [4.78, 5) is 6.49. The monoisotopic (exact) mass is 340 g/mol. The molecule has 0 amide bonds. The number of ether oxygens (including phenoxy) is 1. The molecule has 0 radical (unpaired) electrons. The first-order valence-electron chi connectivity index (χ1n) is 7.31. The van der Waals surface area contributed by atoms with E-state index in [0.717, 1.165) is 18.5 Å². The van der Waals surface area contributed by atoms with Crippen molar-refractivity contribution in [3.05, 3.63) is 41.2 Å². The predicted octanol–water partition coefficient (Wildman–Crippen LogP) is 2.82. The zero-order valence-corrected chi connectivity index (χ0v) is 13.7. The molecule has 0 bridgehead atoms. The number of likely N-dealkylation sites (tertiary alicyclic amines) is 1. The van der Waals surface area contributed by atoms with Crippen molar-refractivity contribution < 1.29 is 13.5 Å². The van der Waals surface area contributed by atoms with E-state index in [4.69, 9.17) is 4.74 Å². The summed E-state index contributed by atoms with van der Waals surface area (Å²) in [5, 5.41) is 4.08. The molecule has 2 aromatic rings. The highest BCUT2D eigenvalue weighted by atomic mass is 32.1. The number of methoxy groups -OCH3 is 1. The maximum Gasteiger partial charge on any atom is 0.202 e. The molecular formula is C15H18F2N4OS. The van der Waals surface area contributed by atoms with Crippen LogP contribution in [0.3, 0.4) is 0 Å². The van der Waals surface area contributed by atoms with Crippen LogP contribution in [0.2, 0.25) is 0 Å². The molecule has 0 spiro atoms. The molecule has 1 N–H and O–H groups in total. The molecule has 2 heterocycles. The Morgan fingerprint density at radius 2 is 2.22 bits per heavy atom. The van der Waals surface area contributed by atoms with E-state index in [9.17, 15) is 8.78 Å². The largest absolute Gasteiger partial charge is 0.377 e. The van der Waals surface area contributed by atoms with Crippen LogP contribution in [0.4, 0.5) is 13.9 Å². The Bertz CT molecular complexity index is 681. The fourth-order valence-electron chi connectivity index (χ4n) is 2.94. The Morgan fingerprint density at radius 1 is 1.39 bits per heavy atom. The highest BCUT2D eigenvalue weighted by molar-refractivity contribution is 7.09. The van der Waals surface area contributed by atoms with Crippen LogP contribution in [0.5, 0.6) is 0 Å². The fourth-order valence-corrected chi connectivity index (χ4v) is 3.58. The van der Waals surface area contributed by atoms with Gasteiger partial charge in [-0.2, -0.15) is 4.37 Å². The summed E-state index contributed by atoms with van der Waals surface area (Å²) in [6.07, 6.45) is 0.888. The second-order valence-electron chi connectivity index (χ2n) is 5.59. The van der Waals surface area contributed by atoms with Gasteiger partial charge in [0.05, 0.1) is 6.04 Å². The maximum atomic E-state index is 13.6. The van der Waals surface area contributed by atoms with E-state index in [-0.39, 0.29) is 12.1 Å². The number of nitrogens with zero attached hydrogens (tertiary/aromatic N) is 3. The summed E-state index contributed by atoms with van der Waals surface area (Å²) in [5.41, 5.74) is 0.753. The van der Waals surface area contributed by atoms with Gasteiger partial charge in [-0.3, -0.25) is 4.90 Å². The fraction of sp³-hybridized carbons (Fsp3) is 0.467. The van der Waals surface area contributed by atoms with Crippen LogP contribution in [-0.2, 0) is 11.3 Å². The topological polar surface area (TPSA) is 50.3 Å². The molecular weight excluding hydrogens is 322 g/mol. The van der Waals surface area contributed by atoms with Crippen molar-refractivity contribution in [3.63, 3.8) is 0 Å². The molecule has 2 atom stereocenters. The number of hydrogen-bond acceptors (Lipinski definition) is 6. The van der Waals surface area contributed by atoms with Crippen LogP contribution in [-0.4, -0.2) is 41.0 Å². The second kappa shape index (κ2) is 6.86. The van der Waals surface area contributed by atoms with E-state index in [0.29, 0.717) is 17.6 Å². The average molecular weight is 340 g/mol. The van der Waals surface area contributed by atoms with E-state index in [1.165, 1.54) is 23.7 Å². The van der Waals surface area contributed by atoms with E-state index < -0.39 is 11.6 Å². The lowest BCUT2D eigenvalue weighted by Gasteiger charge is -2.26. The van der Waals surface area contributed by atoms with E-state index in [2.05, 4.69) is 19.6 Å².